The molecule has 1 fully saturated rings. The molecule has 6 heteroatoms. The summed E-state index contributed by atoms with van der Waals surface area (Å²) < 4.78 is 5.26. The van der Waals surface area contributed by atoms with Crippen molar-refractivity contribution in [1.29, 1.82) is 0 Å². The van der Waals surface area contributed by atoms with Gasteiger partial charge in [0.25, 0.3) is 0 Å². The number of carbonyl (C=O) groups is 1. The molecule has 0 aliphatic heterocycles. The van der Waals surface area contributed by atoms with Gasteiger partial charge in [0.2, 0.25) is 16.9 Å². The molecular weight excluding hydrogens is 264 g/mol. The molecule has 2 rings (SSSR count). The van der Waals surface area contributed by atoms with Gasteiger partial charge < -0.3 is 20.1 Å². The van der Waals surface area contributed by atoms with E-state index in [1.165, 1.54) is 0 Å². The lowest BCUT2D eigenvalue weighted by atomic mass is 9.98. The molecule has 0 unspecified atom stereocenters. The van der Waals surface area contributed by atoms with Crippen LogP contribution in [0.15, 0.2) is 16.9 Å². The van der Waals surface area contributed by atoms with Crippen LogP contribution < -0.4 is 5.43 Å². The molecule has 0 atom stereocenters. The van der Waals surface area contributed by atoms with Crippen molar-refractivity contribution >= 4 is 5.97 Å². The van der Waals surface area contributed by atoms with Crippen LogP contribution in [-0.2, 0) is 4.74 Å². The van der Waals surface area contributed by atoms with Gasteiger partial charge >= 0.3 is 5.97 Å². The average molecular weight is 280 g/mol. The van der Waals surface area contributed by atoms with E-state index in [-0.39, 0.29) is 11.7 Å². The molecule has 1 aromatic rings. The van der Waals surface area contributed by atoms with Crippen LogP contribution in [0.1, 0.15) is 42.5 Å². The van der Waals surface area contributed by atoms with E-state index in [2.05, 4.69) is 0 Å². The average Bonchev–Trinajstić information content (AvgIpc) is 2.53. The Morgan fingerprint density at radius 2 is 1.70 bits per heavy atom. The minimum absolute atomic E-state index is 0.193. The smallest absolute Gasteiger partial charge is 0.338 e. The Kier molecular flexibility index (Phi) is 4.12. The fraction of sp³-hybridized carbons (Fsp3) is 0.429. The van der Waals surface area contributed by atoms with Crippen LogP contribution in [-0.4, -0.2) is 27.4 Å². The van der Waals surface area contributed by atoms with E-state index in [1.807, 2.05) is 0 Å². The first-order valence-corrected chi connectivity index (χ1v) is 6.49. The summed E-state index contributed by atoms with van der Waals surface area (Å²) in [5.74, 6) is -3.45. The molecule has 1 aliphatic carbocycles. The van der Waals surface area contributed by atoms with E-state index in [9.17, 15) is 24.9 Å². The summed E-state index contributed by atoms with van der Waals surface area (Å²) in [6.45, 7) is 0. The zero-order chi connectivity index (χ0) is 14.7. The summed E-state index contributed by atoms with van der Waals surface area (Å²) in [6.07, 6.45) is 4.44. The van der Waals surface area contributed by atoms with Crippen LogP contribution in [0.2, 0.25) is 0 Å². The number of rotatable bonds is 2. The summed E-state index contributed by atoms with van der Waals surface area (Å²) in [7, 11) is 0. The topological polar surface area (TPSA) is 104 Å². The van der Waals surface area contributed by atoms with Crippen LogP contribution >= 0.6 is 0 Å². The van der Waals surface area contributed by atoms with Gasteiger partial charge in [-0.1, -0.05) is 6.42 Å². The lowest BCUT2D eigenvalue weighted by molar-refractivity contribution is 0.0211. The molecule has 0 bridgehead atoms. The van der Waals surface area contributed by atoms with Gasteiger partial charge in [-0.15, -0.1) is 0 Å². The number of carbonyl (C=O) groups excluding carboxylic acids is 1. The van der Waals surface area contributed by atoms with Gasteiger partial charge in [0.15, 0.2) is 5.75 Å². The Labute approximate surface area is 115 Å². The molecule has 1 saturated carbocycles. The maximum absolute atomic E-state index is 11.9. The largest absolute Gasteiger partial charge is 0.504 e. The number of aromatic hydroxyl groups is 3. The quantitative estimate of drug-likeness (QED) is 0.712. The predicted octanol–water partition coefficient (Wildman–Crippen LogP) is 1.65. The molecule has 0 heterocycles. The number of esters is 1. The van der Waals surface area contributed by atoms with Crippen molar-refractivity contribution in [1.82, 2.24) is 0 Å². The second-order valence-electron chi connectivity index (χ2n) is 4.86. The molecule has 6 nitrogen and oxygen atoms in total. The van der Waals surface area contributed by atoms with E-state index in [1.54, 1.807) is 0 Å². The SMILES string of the molecule is O=C(OC1CCCCC1)c1cc(O)c(O)c(O)c(=O)c1. The Hall–Kier alpha value is -2.24. The third-order valence-corrected chi connectivity index (χ3v) is 3.34. The standard InChI is InChI=1S/C14H16O6/c15-10-6-8(7-11(16)13(18)12(10)17)14(19)20-9-4-2-1-3-5-9/h6-7,9H,1-5H2,(H3,15,16,17,18). The highest BCUT2D eigenvalue weighted by Gasteiger charge is 2.20. The maximum Gasteiger partial charge on any atom is 0.338 e. The van der Waals surface area contributed by atoms with Crippen molar-refractivity contribution in [2.24, 2.45) is 0 Å². The highest BCUT2D eigenvalue weighted by molar-refractivity contribution is 5.90. The van der Waals surface area contributed by atoms with Crippen molar-refractivity contribution in [3.8, 4) is 17.2 Å². The van der Waals surface area contributed by atoms with Crippen molar-refractivity contribution in [3.63, 3.8) is 0 Å². The van der Waals surface area contributed by atoms with Crippen LogP contribution in [0.3, 0.4) is 0 Å². The Morgan fingerprint density at radius 1 is 1.05 bits per heavy atom. The minimum atomic E-state index is -1.00. The molecule has 0 aromatic heterocycles. The molecule has 0 saturated heterocycles. The highest BCUT2D eigenvalue weighted by atomic mass is 16.5. The molecule has 0 spiro atoms. The van der Waals surface area contributed by atoms with Crippen molar-refractivity contribution in [2.75, 3.05) is 0 Å². The summed E-state index contributed by atoms with van der Waals surface area (Å²) in [5.41, 5.74) is -1.16. The summed E-state index contributed by atoms with van der Waals surface area (Å²) in [5, 5.41) is 28.1. The molecule has 108 valence electrons. The molecule has 0 radical (unpaired) electrons. The Balaban J connectivity index is 2.26. The van der Waals surface area contributed by atoms with Crippen molar-refractivity contribution in [3.05, 3.63) is 27.9 Å². The van der Waals surface area contributed by atoms with E-state index >= 15 is 0 Å². The first kappa shape index (κ1) is 14.2. The van der Waals surface area contributed by atoms with Crippen molar-refractivity contribution in [2.45, 2.75) is 38.2 Å². The lowest BCUT2D eigenvalue weighted by Crippen LogP contribution is -2.21. The fourth-order valence-electron chi connectivity index (χ4n) is 2.23. The van der Waals surface area contributed by atoms with Crippen LogP contribution in [0.25, 0.3) is 0 Å². The summed E-state index contributed by atoms with van der Waals surface area (Å²) in [4.78, 5) is 23.4. The zero-order valence-electron chi connectivity index (χ0n) is 10.8. The van der Waals surface area contributed by atoms with Gasteiger partial charge in [0.05, 0.1) is 5.56 Å². The van der Waals surface area contributed by atoms with Gasteiger partial charge in [-0.3, -0.25) is 4.79 Å². The molecule has 20 heavy (non-hydrogen) atoms. The van der Waals surface area contributed by atoms with Gasteiger partial charge in [-0.2, -0.15) is 0 Å². The van der Waals surface area contributed by atoms with Gasteiger partial charge in [0.1, 0.15) is 6.10 Å². The fourth-order valence-corrected chi connectivity index (χ4v) is 2.23. The van der Waals surface area contributed by atoms with E-state index in [0.29, 0.717) is 0 Å². The molecular formula is C14H16O6. The number of ether oxygens (including phenoxy) is 1. The van der Waals surface area contributed by atoms with Crippen LogP contribution in [0.4, 0.5) is 0 Å². The molecule has 1 aliphatic rings. The van der Waals surface area contributed by atoms with Crippen molar-refractivity contribution < 1.29 is 24.9 Å². The monoisotopic (exact) mass is 280 g/mol. The third kappa shape index (κ3) is 3.01. The normalized spacial score (nSPS) is 15.8. The maximum atomic E-state index is 11.9. The number of hydrogen-bond acceptors (Lipinski definition) is 6. The predicted molar refractivity (Wildman–Crippen MR) is 70.0 cm³/mol. The second kappa shape index (κ2) is 5.81. The van der Waals surface area contributed by atoms with Gasteiger partial charge in [-0.05, 0) is 31.7 Å². The van der Waals surface area contributed by atoms with Crippen LogP contribution in [0.5, 0.6) is 17.2 Å². The lowest BCUT2D eigenvalue weighted by Gasteiger charge is -2.21. The Morgan fingerprint density at radius 3 is 2.35 bits per heavy atom. The first-order valence-electron chi connectivity index (χ1n) is 6.49. The molecule has 3 N–H and O–H groups in total. The van der Waals surface area contributed by atoms with Gasteiger partial charge in [0, 0.05) is 6.07 Å². The second-order valence-corrected chi connectivity index (χ2v) is 4.86. The zero-order valence-corrected chi connectivity index (χ0v) is 10.8. The minimum Gasteiger partial charge on any atom is -0.504 e. The summed E-state index contributed by atoms with van der Waals surface area (Å²) >= 11 is 0. The van der Waals surface area contributed by atoms with E-state index in [0.717, 1.165) is 44.2 Å². The van der Waals surface area contributed by atoms with E-state index < -0.39 is 28.6 Å². The molecule has 0 amide bonds. The summed E-state index contributed by atoms with van der Waals surface area (Å²) in [6, 6.07) is 1.74. The third-order valence-electron chi connectivity index (χ3n) is 3.34. The molecule has 1 aromatic carbocycles. The Bertz CT molecular complexity index is 575. The first-order chi connectivity index (χ1) is 9.49. The van der Waals surface area contributed by atoms with Crippen LogP contribution in [0, 0.1) is 0 Å². The number of hydrogen-bond donors (Lipinski definition) is 3. The van der Waals surface area contributed by atoms with Gasteiger partial charge in [-0.25, -0.2) is 4.79 Å². The van der Waals surface area contributed by atoms with E-state index in [4.69, 9.17) is 4.74 Å². The highest BCUT2D eigenvalue weighted by Crippen LogP contribution is 2.30.